The van der Waals surface area contributed by atoms with Crippen molar-refractivity contribution < 1.29 is 9.18 Å². The van der Waals surface area contributed by atoms with Crippen LogP contribution in [0.1, 0.15) is 11.1 Å². The van der Waals surface area contributed by atoms with E-state index in [9.17, 15) is 9.18 Å². The van der Waals surface area contributed by atoms with Gasteiger partial charge in [-0.25, -0.2) is 9.18 Å². The van der Waals surface area contributed by atoms with Gasteiger partial charge in [-0.2, -0.15) is 0 Å². The van der Waals surface area contributed by atoms with Crippen LogP contribution in [-0.4, -0.2) is 12.1 Å². The Morgan fingerprint density at radius 2 is 1.81 bits per heavy atom. The van der Waals surface area contributed by atoms with E-state index in [4.69, 9.17) is 11.6 Å². The molecule has 2 aromatic rings. The maximum absolute atomic E-state index is 13.1. The zero-order chi connectivity index (χ0) is 14.8. The number of hydrogen-bond donors (Lipinski definition) is 2. The van der Waals surface area contributed by atoms with Gasteiger partial charge in [0.25, 0.3) is 0 Å². The molecule has 2 N–H and O–H groups in total. The second-order valence-corrected chi connectivity index (χ2v) is 5.51. The van der Waals surface area contributed by atoms with E-state index in [1.54, 1.807) is 0 Å². The molecule has 0 unspecified atom stereocenters. The summed E-state index contributed by atoms with van der Waals surface area (Å²) in [6.07, 6.45) is 1.65. The van der Waals surface area contributed by atoms with Crippen LogP contribution in [0.5, 0.6) is 0 Å². The predicted octanol–water partition coefficient (Wildman–Crippen LogP) is 3.77. The lowest BCUT2D eigenvalue weighted by atomic mass is 10.1. The topological polar surface area (TPSA) is 41.1 Å². The number of halogens is 2. The van der Waals surface area contributed by atoms with Gasteiger partial charge in [0.1, 0.15) is 5.82 Å². The second kappa shape index (κ2) is 5.74. The average Bonchev–Trinajstić information content (AvgIpc) is 2.84. The number of hydrogen-bond acceptors (Lipinski definition) is 1. The number of anilines is 1. The van der Waals surface area contributed by atoms with Gasteiger partial charge in [-0.15, -0.1) is 0 Å². The first-order chi connectivity index (χ1) is 10.1. The van der Waals surface area contributed by atoms with E-state index in [2.05, 4.69) is 22.8 Å². The van der Waals surface area contributed by atoms with Crippen molar-refractivity contribution in [1.82, 2.24) is 5.32 Å². The monoisotopic (exact) mass is 304 g/mol. The first-order valence-electron chi connectivity index (χ1n) is 6.71. The van der Waals surface area contributed by atoms with Crippen molar-refractivity contribution >= 4 is 23.3 Å². The van der Waals surface area contributed by atoms with Gasteiger partial charge in [0.2, 0.25) is 0 Å². The number of nitrogens with one attached hydrogen (secondary N) is 2. The minimum atomic E-state index is -0.506. The molecule has 5 heteroatoms. The second-order valence-electron chi connectivity index (χ2n) is 5.10. The standard InChI is InChI=1S/C16H14ClFN2O/c17-14-9-12(5-6-15(14)18)19-16(21)20-13-7-10-3-1-2-4-11(10)8-13/h1-6,9,13H,7-8H2,(H2,19,20,21). The summed E-state index contributed by atoms with van der Waals surface area (Å²) in [5.74, 6) is -0.506. The van der Waals surface area contributed by atoms with Gasteiger partial charge in [-0.05, 0) is 42.2 Å². The molecule has 3 nitrogen and oxygen atoms in total. The highest BCUT2D eigenvalue weighted by molar-refractivity contribution is 6.31. The minimum absolute atomic E-state index is 0.0129. The van der Waals surface area contributed by atoms with Gasteiger partial charge in [-0.1, -0.05) is 35.9 Å². The Hall–Kier alpha value is -2.07. The van der Waals surface area contributed by atoms with Crippen molar-refractivity contribution in [2.24, 2.45) is 0 Å². The summed E-state index contributed by atoms with van der Waals surface area (Å²) >= 11 is 5.68. The van der Waals surface area contributed by atoms with Crippen molar-refractivity contribution in [1.29, 1.82) is 0 Å². The van der Waals surface area contributed by atoms with Crippen LogP contribution >= 0.6 is 11.6 Å². The molecule has 0 aliphatic heterocycles. The van der Waals surface area contributed by atoms with E-state index < -0.39 is 5.82 Å². The minimum Gasteiger partial charge on any atom is -0.334 e. The molecule has 0 bridgehead atoms. The van der Waals surface area contributed by atoms with E-state index in [0.29, 0.717) is 5.69 Å². The molecule has 0 saturated heterocycles. The van der Waals surface area contributed by atoms with Crippen molar-refractivity contribution in [2.75, 3.05) is 5.32 Å². The van der Waals surface area contributed by atoms with E-state index in [1.165, 1.54) is 29.3 Å². The van der Waals surface area contributed by atoms with E-state index in [1.807, 2.05) is 12.1 Å². The highest BCUT2D eigenvalue weighted by Crippen LogP contribution is 2.22. The zero-order valence-electron chi connectivity index (χ0n) is 11.2. The summed E-state index contributed by atoms with van der Waals surface area (Å²) in [5, 5.41) is 5.57. The Balaban J connectivity index is 1.59. The van der Waals surface area contributed by atoms with Crippen molar-refractivity contribution in [2.45, 2.75) is 18.9 Å². The molecule has 3 rings (SSSR count). The largest absolute Gasteiger partial charge is 0.334 e. The lowest BCUT2D eigenvalue weighted by molar-refractivity contribution is 0.249. The third kappa shape index (κ3) is 3.16. The molecule has 0 radical (unpaired) electrons. The number of amides is 2. The Morgan fingerprint density at radius 3 is 2.43 bits per heavy atom. The van der Waals surface area contributed by atoms with E-state index in [-0.39, 0.29) is 17.1 Å². The number of rotatable bonds is 2. The maximum atomic E-state index is 13.1. The maximum Gasteiger partial charge on any atom is 0.319 e. The third-order valence-electron chi connectivity index (χ3n) is 3.56. The fourth-order valence-electron chi connectivity index (χ4n) is 2.59. The van der Waals surface area contributed by atoms with Gasteiger partial charge < -0.3 is 10.6 Å². The van der Waals surface area contributed by atoms with Gasteiger partial charge in [0, 0.05) is 11.7 Å². The molecule has 0 saturated carbocycles. The lowest BCUT2D eigenvalue weighted by Gasteiger charge is -2.13. The van der Waals surface area contributed by atoms with Crippen LogP contribution in [0.2, 0.25) is 5.02 Å². The number of carbonyl (C=O) groups excluding carboxylic acids is 1. The summed E-state index contributed by atoms with van der Waals surface area (Å²) in [4.78, 5) is 12.0. The average molecular weight is 305 g/mol. The first-order valence-corrected chi connectivity index (χ1v) is 7.09. The number of carbonyl (C=O) groups is 1. The molecule has 21 heavy (non-hydrogen) atoms. The Morgan fingerprint density at radius 1 is 1.14 bits per heavy atom. The van der Waals surface area contributed by atoms with Crippen molar-refractivity contribution in [3.8, 4) is 0 Å². The van der Waals surface area contributed by atoms with Gasteiger partial charge in [0.15, 0.2) is 0 Å². The van der Waals surface area contributed by atoms with Gasteiger partial charge in [0.05, 0.1) is 5.02 Å². The predicted molar refractivity (Wildman–Crippen MR) is 81.2 cm³/mol. The van der Waals surface area contributed by atoms with E-state index >= 15 is 0 Å². The van der Waals surface area contributed by atoms with Crippen molar-refractivity contribution in [3.63, 3.8) is 0 Å². The summed E-state index contributed by atoms with van der Waals surface area (Å²) in [6.45, 7) is 0. The van der Waals surface area contributed by atoms with Crippen LogP contribution in [0, 0.1) is 5.82 Å². The van der Waals surface area contributed by atoms with Crippen molar-refractivity contribution in [3.05, 3.63) is 64.4 Å². The summed E-state index contributed by atoms with van der Waals surface area (Å²) in [6, 6.07) is 12.0. The molecule has 2 amide bonds. The summed E-state index contributed by atoms with van der Waals surface area (Å²) in [5.41, 5.74) is 3.01. The van der Waals surface area contributed by atoms with Crippen LogP contribution < -0.4 is 10.6 Å². The highest BCUT2D eigenvalue weighted by Gasteiger charge is 2.22. The molecule has 0 atom stereocenters. The Kier molecular flexibility index (Phi) is 3.80. The molecule has 2 aromatic carbocycles. The molecule has 0 heterocycles. The SMILES string of the molecule is O=C(Nc1ccc(F)c(Cl)c1)NC1Cc2ccccc2C1. The van der Waals surface area contributed by atoms with Crippen LogP contribution in [0.25, 0.3) is 0 Å². The molecule has 0 aromatic heterocycles. The molecule has 0 fully saturated rings. The summed E-state index contributed by atoms with van der Waals surface area (Å²) in [7, 11) is 0. The smallest absolute Gasteiger partial charge is 0.319 e. The number of urea groups is 1. The Bertz CT molecular complexity index is 665. The molecule has 108 valence electrons. The number of fused-ring (bicyclic) bond motifs is 1. The molecule has 1 aliphatic carbocycles. The van der Waals surface area contributed by atoms with Crippen LogP contribution in [0.15, 0.2) is 42.5 Å². The fourth-order valence-corrected chi connectivity index (χ4v) is 2.77. The lowest BCUT2D eigenvalue weighted by Crippen LogP contribution is -2.38. The van der Waals surface area contributed by atoms with Crippen LogP contribution in [0.3, 0.4) is 0 Å². The van der Waals surface area contributed by atoms with Gasteiger partial charge in [-0.3, -0.25) is 0 Å². The van der Waals surface area contributed by atoms with Gasteiger partial charge >= 0.3 is 6.03 Å². The third-order valence-corrected chi connectivity index (χ3v) is 3.85. The van der Waals surface area contributed by atoms with E-state index in [0.717, 1.165) is 12.8 Å². The molecular formula is C16H14ClFN2O. The molecule has 0 spiro atoms. The first kappa shape index (κ1) is 13.9. The molecular weight excluding hydrogens is 291 g/mol. The normalized spacial score (nSPS) is 13.8. The summed E-state index contributed by atoms with van der Waals surface area (Å²) < 4.78 is 13.1. The highest BCUT2D eigenvalue weighted by atomic mass is 35.5. The van der Waals surface area contributed by atoms with Crippen LogP contribution in [-0.2, 0) is 12.8 Å². The fraction of sp³-hybridized carbons (Fsp3) is 0.188. The molecule has 1 aliphatic rings. The Labute approximate surface area is 127 Å². The van der Waals surface area contributed by atoms with Crippen LogP contribution in [0.4, 0.5) is 14.9 Å². The zero-order valence-corrected chi connectivity index (χ0v) is 12.0. The quantitative estimate of drug-likeness (QED) is 0.871. The number of benzene rings is 2.